The summed E-state index contributed by atoms with van der Waals surface area (Å²) in [5.41, 5.74) is 1.03. The highest BCUT2D eigenvalue weighted by atomic mass is 32.1. The van der Waals surface area contributed by atoms with Crippen molar-refractivity contribution in [2.75, 3.05) is 26.9 Å². The van der Waals surface area contributed by atoms with Crippen LogP contribution in [-0.4, -0.2) is 32.9 Å². The van der Waals surface area contributed by atoms with E-state index in [0.29, 0.717) is 13.1 Å². The Labute approximate surface area is 152 Å². The summed E-state index contributed by atoms with van der Waals surface area (Å²) in [6.45, 7) is 2.61. The van der Waals surface area contributed by atoms with E-state index in [1.54, 1.807) is 18.4 Å². The van der Waals surface area contributed by atoms with Gasteiger partial charge in [0, 0.05) is 36.6 Å². The Morgan fingerprint density at radius 3 is 2.60 bits per heavy atom. The standard InChI is InChI=1S/C19H24N2O3S/c1-23-16-6-4-15(5-7-16)13-20-18(22)21-14-19(8-10-24-11-9-19)17-3-2-12-25-17/h2-7,12H,8-11,13-14H2,1H3,(H2,20,21,22). The van der Waals surface area contributed by atoms with Gasteiger partial charge in [0.25, 0.3) is 0 Å². The van der Waals surface area contributed by atoms with Gasteiger partial charge in [-0.1, -0.05) is 18.2 Å². The molecule has 1 saturated heterocycles. The molecule has 2 amide bonds. The average molecular weight is 360 g/mol. The molecule has 0 radical (unpaired) electrons. The number of hydrogen-bond donors (Lipinski definition) is 2. The molecule has 1 aliphatic heterocycles. The lowest BCUT2D eigenvalue weighted by Gasteiger charge is -2.36. The van der Waals surface area contributed by atoms with Crippen LogP contribution in [0.5, 0.6) is 5.75 Å². The van der Waals surface area contributed by atoms with Gasteiger partial charge >= 0.3 is 6.03 Å². The Bertz CT molecular complexity index is 664. The predicted molar refractivity (Wildman–Crippen MR) is 99.3 cm³/mol. The molecule has 0 atom stereocenters. The van der Waals surface area contributed by atoms with Crippen LogP contribution in [0.4, 0.5) is 4.79 Å². The van der Waals surface area contributed by atoms with Crippen molar-refractivity contribution in [3.8, 4) is 5.75 Å². The number of urea groups is 1. The lowest BCUT2D eigenvalue weighted by Crippen LogP contribution is -2.46. The van der Waals surface area contributed by atoms with E-state index in [1.165, 1.54) is 4.88 Å². The number of methoxy groups -OCH3 is 1. The van der Waals surface area contributed by atoms with Crippen LogP contribution in [0, 0.1) is 0 Å². The molecule has 6 heteroatoms. The molecular formula is C19H24N2O3S. The van der Waals surface area contributed by atoms with Crippen LogP contribution in [0.15, 0.2) is 41.8 Å². The second-order valence-corrected chi connectivity index (χ2v) is 7.20. The molecule has 0 bridgehead atoms. The zero-order valence-corrected chi connectivity index (χ0v) is 15.2. The summed E-state index contributed by atoms with van der Waals surface area (Å²) >= 11 is 1.75. The van der Waals surface area contributed by atoms with E-state index in [4.69, 9.17) is 9.47 Å². The molecule has 2 N–H and O–H groups in total. The van der Waals surface area contributed by atoms with Gasteiger partial charge in [0.1, 0.15) is 5.75 Å². The maximum Gasteiger partial charge on any atom is 0.315 e. The monoisotopic (exact) mass is 360 g/mol. The van der Waals surface area contributed by atoms with Gasteiger partial charge in [-0.05, 0) is 42.0 Å². The number of carbonyl (C=O) groups excluding carboxylic acids is 1. The van der Waals surface area contributed by atoms with Crippen molar-refractivity contribution in [2.24, 2.45) is 0 Å². The summed E-state index contributed by atoms with van der Waals surface area (Å²) in [5, 5.41) is 8.06. The van der Waals surface area contributed by atoms with E-state index in [9.17, 15) is 4.79 Å². The first-order chi connectivity index (χ1) is 12.2. The summed E-state index contributed by atoms with van der Waals surface area (Å²) in [6, 6.07) is 11.8. The molecule has 134 valence electrons. The molecule has 25 heavy (non-hydrogen) atoms. The Hall–Kier alpha value is -2.05. The van der Waals surface area contributed by atoms with Crippen molar-refractivity contribution in [2.45, 2.75) is 24.8 Å². The maximum atomic E-state index is 12.2. The predicted octanol–water partition coefficient (Wildman–Crippen LogP) is 3.30. The number of carbonyl (C=O) groups is 1. The Balaban J connectivity index is 1.53. The van der Waals surface area contributed by atoms with Crippen molar-refractivity contribution in [3.05, 3.63) is 52.2 Å². The Morgan fingerprint density at radius 2 is 1.96 bits per heavy atom. The number of benzene rings is 1. The number of amides is 2. The normalized spacial score (nSPS) is 16.2. The fraction of sp³-hybridized carbons (Fsp3) is 0.421. The fourth-order valence-electron chi connectivity index (χ4n) is 3.09. The van der Waals surface area contributed by atoms with E-state index in [0.717, 1.165) is 37.4 Å². The van der Waals surface area contributed by atoms with Crippen LogP contribution < -0.4 is 15.4 Å². The van der Waals surface area contributed by atoms with Crippen LogP contribution in [0.25, 0.3) is 0 Å². The first kappa shape index (κ1) is 17.8. The van der Waals surface area contributed by atoms with Crippen LogP contribution in [0.3, 0.4) is 0 Å². The van der Waals surface area contributed by atoms with Crippen LogP contribution in [-0.2, 0) is 16.7 Å². The first-order valence-corrected chi connectivity index (χ1v) is 9.36. The van der Waals surface area contributed by atoms with E-state index in [1.807, 2.05) is 24.3 Å². The fourth-order valence-corrected chi connectivity index (χ4v) is 4.08. The van der Waals surface area contributed by atoms with Gasteiger partial charge in [0.2, 0.25) is 0 Å². The molecule has 1 aromatic heterocycles. The van der Waals surface area contributed by atoms with Crippen molar-refractivity contribution >= 4 is 17.4 Å². The SMILES string of the molecule is COc1ccc(CNC(=O)NCC2(c3cccs3)CCOCC2)cc1. The van der Waals surface area contributed by atoms with Gasteiger partial charge in [-0.25, -0.2) is 4.79 Å². The van der Waals surface area contributed by atoms with Crippen LogP contribution >= 0.6 is 11.3 Å². The second-order valence-electron chi connectivity index (χ2n) is 6.25. The van der Waals surface area contributed by atoms with E-state index < -0.39 is 0 Å². The Kier molecular flexibility index (Phi) is 5.94. The summed E-state index contributed by atoms with van der Waals surface area (Å²) < 4.78 is 10.7. The van der Waals surface area contributed by atoms with Gasteiger partial charge in [-0.15, -0.1) is 11.3 Å². The topological polar surface area (TPSA) is 59.6 Å². The number of ether oxygens (including phenoxy) is 2. The molecule has 1 fully saturated rings. The minimum absolute atomic E-state index is 0.0100. The molecular weight excluding hydrogens is 336 g/mol. The highest BCUT2D eigenvalue weighted by Gasteiger charge is 2.35. The molecule has 0 unspecified atom stereocenters. The highest BCUT2D eigenvalue weighted by molar-refractivity contribution is 7.10. The smallest absolute Gasteiger partial charge is 0.315 e. The first-order valence-electron chi connectivity index (χ1n) is 8.48. The van der Waals surface area contributed by atoms with Gasteiger partial charge in [-0.3, -0.25) is 0 Å². The highest BCUT2D eigenvalue weighted by Crippen LogP contribution is 2.36. The van der Waals surface area contributed by atoms with E-state index in [2.05, 4.69) is 28.1 Å². The lowest BCUT2D eigenvalue weighted by atomic mass is 9.78. The zero-order valence-electron chi connectivity index (χ0n) is 14.4. The quantitative estimate of drug-likeness (QED) is 0.831. The van der Waals surface area contributed by atoms with Gasteiger partial charge in [-0.2, -0.15) is 0 Å². The second kappa shape index (κ2) is 8.36. The molecule has 0 aliphatic carbocycles. The van der Waals surface area contributed by atoms with E-state index >= 15 is 0 Å². The molecule has 1 aliphatic rings. The average Bonchev–Trinajstić information content (AvgIpc) is 3.21. The lowest BCUT2D eigenvalue weighted by molar-refractivity contribution is 0.0519. The third-order valence-electron chi connectivity index (χ3n) is 4.69. The van der Waals surface area contributed by atoms with Crippen molar-refractivity contribution in [1.29, 1.82) is 0 Å². The maximum absolute atomic E-state index is 12.2. The molecule has 2 aromatic rings. The van der Waals surface area contributed by atoms with Gasteiger partial charge < -0.3 is 20.1 Å². The summed E-state index contributed by atoms with van der Waals surface area (Å²) in [4.78, 5) is 13.5. The minimum Gasteiger partial charge on any atom is -0.497 e. The van der Waals surface area contributed by atoms with Crippen molar-refractivity contribution in [3.63, 3.8) is 0 Å². The van der Waals surface area contributed by atoms with Crippen molar-refractivity contribution in [1.82, 2.24) is 10.6 Å². The van der Waals surface area contributed by atoms with Crippen molar-refractivity contribution < 1.29 is 14.3 Å². The summed E-state index contributed by atoms with van der Waals surface area (Å²) in [5.74, 6) is 0.811. The number of hydrogen-bond acceptors (Lipinski definition) is 4. The largest absolute Gasteiger partial charge is 0.497 e. The van der Waals surface area contributed by atoms with Crippen LogP contribution in [0.2, 0.25) is 0 Å². The summed E-state index contributed by atoms with van der Waals surface area (Å²) in [6.07, 6.45) is 1.87. The number of rotatable bonds is 6. The minimum atomic E-state index is -0.141. The van der Waals surface area contributed by atoms with Gasteiger partial charge in [0.05, 0.1) is 7.11 Å². The molecule has 0 spiro atoms. The molecule has 5 nitrogen and oxygen atoms in total. The number of nitrogens with one attached hydrogen (secondary N) is 2. The number of thiophene rings is 1. The third kappa shape index (κ3) is 4.52. The van der Waals surface area contributed by atoms with E-state index in [-0.39, 0.29) is 11.4 Å². The van der Waals surface area contributed by atoms with Gasteiger partial charge in [0.15, 0.2) is 0 Å². The molecule has 2 heterocycles. The van der Waals surface area contributed by atoms with Crippen LogP contribution in [0.1, 0.15) is 23.3 Å². The molecule has 0 saturated carbocycles. The molecule has 3 rings (SSSR count). The Morgan fingerprint density at radius 1 is 1.20 bits per heavy atom. The zero-order chi connectivity index (χ0) is 17.5. The summed E-state index contributed by atoms with van der Waals surface area (Å²) in [7, 11) is 1.64. The molecule has 1 aromatic carbocycles. The third-order valence-corrected chi connectivity index (χ3v) is 5.81.